The standard InChI is InChI=1S/C15H10Cl2F2N2/c1-8-2-5-12(9(17)6-8)21-13(7-16)20-11-4-3-10(18)14(19)15(11)21/h2-6H,7H2,1H3. The van der Waals surface area contributed by atoms with Crippen molar-refractivity contribution in [1.82, 2.24) is 9.55 Å². The highest BCUT2D eigenvalue weighted by Gasteiger charge is 2.19. The number of halogens is 4. The van der Waals surface area contributed by atoms with Crippen LogP contribution in [0.1, 0.15) is 11.4 Å². The molecular weight excluding hydrogens is 317 g/mol. The first kappa shape index (κ1) is 14.3. The van der Waals surface area contributed by atoms with Crippen molar-refractivity contribution < 1.29 is 8.78 Å². The van der Waals surface area contributed by atoms with Gasteiger partial charge in [0.1, 0.15) is 11.3 Å². The van der Waals surface area contributed by atoms with Gasteiger partial charge in [-0.25, -0.2) is 13.8 Å². The topological polar surface area (TPSA) is 17.8 Å². The molecule has 2 nitrogen and oxygen atoms in total. The van der Waals surface area contributed by atoms with Gasteiger partial charge in [0.25, 0.3) is 0 Å². The molecule has 0 radical (unpaired) electrons. The molecule has 0 saturated heterocycles. The lowest BCUT2D eigenvalue weighted by molar-refractivity contribution is 0.514. The molecule has 0 bridgehead atoms. The fraction of sp³-hybridized carbons (Fsp3) is 0.133. The molecular formula is C15H10Cl2F2N2. The number of hydrogen-bond acceptors (Lipinski definition) is 1. The lowest BCUT2D eigenvalue weighted by atomic mass is 10.2. The summed E-state index contributed by atoms with van der Waals surface area (Å²) < 4.78 is 29.2. The smallest absolute Gasteiger partial charge is 0.185 e. The van der Waals surface area contributed by atoms with E-state index >= 15 is 0 Å². The molecule has 0 aliphatic carbocycles. The minimum absolute atomic E-state index is 0.0383. The Labute approximate surface area is 129 Å². The van der Waals surface area contributed by atoms with Crippen LogP contribution < -0.4 is 0 Å². The molecule has 3 aromatic rings. The van der Waals surface area contributed by atoms with E-state index in [-0.39, 0.29) is 11.4 Å². The van der Waals surface area contributed by atoms with E-state index in [1.165, 1.54) is 10.6 Å². The van der Waals surface area contributed by atoms with E-state index in [2.05, 4.69) is 4.98 Å². The fourth-order valence-corrected chi connectivity index (χ4v) is 2.79. The van der Waals surface area contributed by atoms with E-state index in [0.29, 0.717) is 22.1 Å². The molecule has 0 aliphatic heterocycles. The van der Waals surface area contributed by atoms with Crippen LogP contribution in [0.3, 0.4) is 0 Å². The average Bonchev–Trinajstić information content (AvgIpc) is 2.82. The Hall–Kier alpha value is -1.65. The molecule has 0 amide bonds. The number of aryl methyl sites for hydroxylation is 1. The fourth-order valence-electron chi connectivity index (χ4n) is 2.29. The molecule has 2 aromatic carbocycles. The van der Waals surface area contributed by atoms with Crippen LogP contribution in [0, 0.1) is 18.6 Å². The zero-order valence-corrected chi connectivity index (χ0v) is 12.5. The minimum Gasteiger partial charge on any atom is -0.291 e. The Morgan fingerprint density at radius 2 is 1.95 bits per heavy atom. The first-order valence-electron chi connectivity index (χ1n) is 6.20. The number of hydrogen-bond donors (Lipinski definition) is 0. The van der Waals surface area contributed by atoms with Crippen LogP contribution in [0.15, 0.2) is 30.3 Å². The van der Waals surface area contributed by atoms with Crippen LogP contribution in [-0.2, 0) is 5.88 Å². The minimum atomic E-state index is -0.965. The SMILES string of the molecule is Cc1ccc(-n2c(CCl)nc3ccc(F)c(F)c32)c(Cl)c1. The molecule has 0 unspecified atom stereocenters. The summed E-state index contributed by atoms with van der Waals surface area (Å²) in [6.07, 6.45) is 0. The summed E-state index contributed by atoms with van der Waals surface area (Å²) in [7, 11) is 0. The molecule has 21 heavy (non-hydrogen) atoms. The highest BCUT2D eigenvalue weighted by atomic mass is 35.5. The van der Waals surface area contributed by atoms with Crippen molar-refractivity contribution in [1.29, 1.82) is 0 Å². The number of fused-ring (bicyclic) bond motifs is 1. The van der Waals surface area contributed by atoms with Crippen LogP contribution in [0.5, 0.6) is 0 Å². The third-order valence-corrected chi connectivity index (χ3v) is 3.78. The number of imidazole rings is 1. The lowest BCUT2D eigenvalue weighted by Gasteiger charge is -2.11. The second-order valence-corrected chi connectivity index (χ2v) is 5.36. The van der Waals surface area contributed by atoms with Gasteiger partial charge in [-0.15, -0.1) is 11.6 Å². The third kappa shape index (κ3) is 2.28. The Balaban J connectivity index is 2.42. The van der Waals surface area contributed by atoms with Gasteiger partial charge in [0, 0.05) is 0 Å². The molecule has 0 N–H and O–H groups in total. The molecule has 3 rings (SSSR count). The maximum atomic E-state index is 14.2. The molecule has 1 aromatic heterocycles. The van der Waals surface area contributed by atoms with Crippen LogP contribution in [0.2, 0.25) is 5.02 Å². The summed E-state index contributed by atoms with van der Waals surface area (Å²) in [6, 6.07) is 7.78. The maximum absolute atomic E-state index is 14.2. The summed E-state index contributed by atoms with van der Waals surface area (Å²) >= 11 is 12.1. The largest absolute Gasteiger partial charge is 0.291 e. The van der Waals surface area contributed by atoms with E-state index in [0.717, 1.165) is 11.6 Å². The quantitative estimate of drug-likeness (QED) is 0.605. The first-order chi connectivity index (χ1) is 10.0. The van der Waals surface area contributed by atoms with Gasteiger partial charge >= 0.3 is 0 Å². The Morgan fingerprint density at radius 3 is 2.62 bits per heavy atom. The van der Waals surface area contributed by atoms with E-state index in [1.54, 1.807) is 12.1 Å². The molecule has 1 heterocycles. The van der Waals surface area contributed by atoms with Gasteiger partial charge in [0.2, 0.25) is 0 Å². The van der Waals surface area contributed by atoms with Crippen molar-refractivity contribution in [3.05, 3.63) is 58.4 Å². The Morgan fingerprint density at radius 1 is 1.19 bits per heavy atom. The van der Waals surface area contributed by atoms with E-state index in [4.69, 9.17) is 23.2 Å². The number of aromatic nitrogens is 2. The van der Waals surface area contributed by atoms with Crippen LogP contribution in [0.4, 0.5) is 8.78 Å². The molecule has 108 valence electrons. The second kappa shape index (κ2) is 5.28. The zero-order chi connectivity index (χ0) is 15.1. The maximum Gasteiger partial charge on any atom is 0.185 e. The van der Waals surface area contributed by atoms with Crippen LogP contribution >= 0.6 is 23.2 Å². The van der Waals surface area contributed by atoms with Crippen LogP contribution in [0.25, 0.3) is 16.7 Å². The molecule has 0 saturated carbocycles. The van der Waals surface area contributed by atoms with Gasteiger partial charge in [-0.05, 0) is 36.8 Å². The number of rotatable bonds is 2. The predicted octanol–water partition coefficient (Wildman–Crippen LogP) is 5.00. The average molecular weight is 327 g/mol. The summed E-state index contributed by atoms with van der Waals surface area (Å²) in [6.45, 7) is 1.89. The van der Waals surface area contributed by atoms with E-state index < -0.39 is 11.6 Å². The Bertz CT molecular complexity index is 843. The predicted molar refractivity (Wildman–Crippen MR) is 80.3 cm³/mol. The number of benzene rings is 2. The van der Waals surface area contributed by atoms with Crippen molar-refractivity contribution in [3.63, 3.8) is 0 Å². The number of alkyl halides is 1. The molecule has 0 fully saturated rings. The molecule has 0 aliphatic rings. The zero-order valence-electron chi connectivity index (χ0n) is 11.0. The van der Waals surface area contributed by atoms with Crippen molar-refractivity contribution in [2.45, 2.75) is 12.8 Å². The van der Waals surface area contributed by atoms with Gasteiger partial charge in [-0.2, -0.15) is 0 Å². The summed E-state index contributed by atoms with van der Waals surface area (Å²) in [5.74, 6) is -1.44. The van der Waals surface area contributed by atoms with Crippen molar-refractivity contribution >= 4 is 34.2 Å². The first-order valence-corrected chi connectivity index (χ1v) is 7.12. The van der Waals surface area contributed by atoms with Crippen molar-refractivity contribution in [3.8, 4) is 5.69 Å². The van der Waals surface area contributed by atoms with Gasteiger partial charge in [0.15, 0.2) is 11.6 Å². The number of nitrogens with zero attached hydrogens (tertiary/aromatic N) is 2. The van der Waals surface area contributed by atoms with Gasteiger partial charge in [0.05, 0.1) is 22.1 Å². The van der Waals surface area contributed by atoms with Crippen LogP contribution in [-0.4, -0.2) is 9.55 Å². The summed E-state index contributed by atoms with van der Waals surface area (Å²) in [4.78, 5) is 4.24. The Kier molecular flexibility index (Phi) is 3.59. The third-order valence-electron chi connectivity index (χ3n) is 3.24. The molecule has 0 atom stereocenters. The normalized spacial score (nSPS) is 11.3. The highest BCUT2D eigenvalue weighted by molar-refractivity contribution is 6.32. The summed E-state index contributed by atoms with van der Waals surface area (Å²) in [5.41, 5.74) is 1.86. The van der Waals surface area contributed by atoms with Gasteiger partial charge in [-0.3, -0.25) is 4.57 Å². The molecule has 6 heteroatoms. The monoisotopic (exact) mass is 326 g/mol. The van der Waals surface area contributed by atoms with Gasteiger partial charge in [-0.1, -0.05) is 17.7 Å². The lowest BCUT2D eigenvalue weighted by Crippen LogP contribution is -2.02. The van der Waals surface area contributed by atoms with Crippen molar-refractivity contribution in [2.24, 2.45) is 0 Å². The van der Waals surface area contributed by atoms with Crippen molar-refractivity contribution in [2.75, 3.05) is 0 Å². The summed E-state index contributed by atoms with van der Waals surface area (Å²) in [5, 5.41) is 0.421. The second-order valence-electron chi connectivity index (χ2n) is 4.68. The molecule has 0 spiro atoms. The van der Waals surface area contributed by atoms with E-state index in [9.17, 15) is 8.78 Å². The highest BCUT2D eigenvalue weighted by Crippen LogP contribution is 2.30. The van der Waals surface area contributed by atoms with E-state index in [1.807, 2.05) is 13.0 Å². The van der Waals surface area contributed by atoms with Gasteiger partial charge < -0.3 is 0 Å².